The molecule has 1 heterocycles. The molecule has 0 aliphatic rings. The van der Waals surface area contributed by atoms with Crippen molar-refractivity contribution in [3.8, 4) is 5.75 Å². The van der Waals surface area contributed by atoms with Crippen LogP contribution in [-0.4, -0.2) is 15.5 Å². The van der Waals surface area contributed by atoms with Gasteiger partial charge in [-0.05, 0) is 42.5 Å². The number of aryl methyl sites for hydroxylation is 2. The summed E-state index contributed by atoms with van der Waals surface area (Å²) in [5, 5.41) is 1.74. The van der Waals surface area contributed by atoms with E-state index in [1.807, 2.05) is 26.0 Å². The van der Waals surface area contributed by atoms with Crippen LogP contribution in [-0.2, 0) is 16.6 Å². The van der Waals surface area contributed by atoms with E-state index in [4.69, 9.17) is 4.74 Å². The standard InChI is InChI=1S/C14H17NO3S2/c1-10-7-11(2)12(13(8-10)18-3)9-15-20(16,17)14-5-4-6-19-14/h4-8,15H,9H2,1-3H3. The predicted octanol–water partition coefficient (Wildman–Crippen LogP) is 2.85. The maximum Gasteiger partial charge on any atom is 0.250 e. The Bertz CT molecular complexity index is 691. The molecule has 4 nitrogen and oxygen atoms in total. The van der Waals surface area contributed by atoms with E-state index >= 15 is 0 Å². The van der Waals surface area contributed by atoms with Crippen LogP contribution in [0.15, 0.2) is 33.9 Å². The summed E-state index contributed by atoms with van der Waals surface area (Å²) in [5.74, 6) is 0.705. The van der Waals surface area contributed by atoms with Crippen molar-refractivity contribution >= 4 is 21.4 Å². The lowest BCUT2D eigenvalue weighted by molar-refractivity contribution is 0.408. The number of thiophene rings is 1. The number of sulfonamides is 1. The number of benzene rings is 1. The van der Waals surface area contributed by atoms with E-state index in [2.05, 4.69) is 4.72 Å². The topological polar surface area (TPSA) is 55.4 Å². The van der Waals surface area contributed by atoms with Crippen molar-refractivity contribution in [2.45, 2.75) is 24.6 Å². The average Bonchev–Trinajstić information content (AvgIpc) is 2.91. The average molecular weight is 311 g/mol. The molecule has 0 aliphatic carbocycles. The van der Waals surface area contributed by atoms with Crippen LogP contribution >= 0.6 is 11.3 Å². The summed E-state index contributed by atoms with van der Waals surface area (Å²) in [6, 6.07) is 7.22. The second kappa shape index (κ2) is 5.95. The first-order valence-electron chi connectivity index (χ1n) is 6.11. The van der Waals surface area contributed by atoms with Gasteiger partial charge in [-0.1, -0.05) is 12.1 Å². The maximum atomic E-state index is 12.1. The van der Waals surface area contributed by atoms with Crippen LogP contribution in [0.4, 0.5) is 0 Å². The molecular weight excluding hydrogens is 294 g/mol. The maximum absolute atomic E-state index is 12.1. The zero-order valence-corrected chi connectivity index (χ0v) is 13.3. The Kier molecular flexibility index (Phi) is 4.47. The Labute approximate surface area is 123 Å². The normalized spacial score (nSPS) is 11.6. The van der Waals surface area contributed by atoms with Gasteiger partial charge in [0, 0.05) is 12.1 Å². The highest BCUT2D eigenvalue weighted by atomic mass is 32.2. The van der Waals surface area contributed by atoms with Crippen LogP contribution < -0.4 is 9.46 Å². The molecule has 2 rings (SSSR count). The van der Waals surface area contributed by atoms with E-state index in [0.29, 0.717) is 9.96 Å². The van der Waals surface area contributed by atoms with E-state index < -0.39 is 10.0 Å². The van der Waals surface area contributed by atoms with Gasteiger partial charge in [0.2, 0.25) is 10.0 Å². The summed E-state index contributed by atoms with van der Waals surface area (Å²) in [5.41, 5.74) is 2.96. The highest BCUT2D eigenvalue weighted by Gasteiger charge is 2.16. The number of nitrogens with one attached hydrogen (secondary N) is 1. The fraction of sp³-hybridized carbons (Fsp3) is 0.286. The van der Waals surface area contributed by atoms with Gasteiger partial charge in [0.25, 0.3) is 0 Å². The van der Waals surface area contributed by atoms with E-state index in [9.17, 15) is 8.42 Å². The van der Waals surface area contributed by atoms with Gasteiger partial charge < -0.3 is 4.74 Å². The van der Waals surface area contributed by atoms with Crippen LogP contribution in [0.3, 0.4) is 0 Å². The Hall–Kier alpha value is -1.37. The van der Waals surface area contributed by atoms with E-state index in [1.165, 1.54) is 11.3 Å². The lowest BCUT2D eigenvalue weighted by atomic mass is 10.0. The van der Waals surface area contributed by atoms with Crippen molar-refractivity contribution < 1.29 is 13.2 Å². The first kappa shape index (κ1) is 15.0. The lowest BCUT2D eigenvalue weighted by Crippen LogP contribution is -2.23. The second-order valence-electron chi connectivity index (χ2n) is 4.52. The van der Waals surface area contributed by atoms with Gasteiger partial charge in [-0.25, -0.2) is 13.1 Å². The molecule has 0 radical (unpaired) electrons. The smallest absolute Gasteiger partial charge is 0.250 e. The third-order valence-corrected chi connectivity index (χ3v) is 5.79. The van der Waals surface area contributed by atoms with Crippen molar-refractivity contribution in [1.29, 1.82) is 0 Å². The van der Waals surface area contributed by atoms with Crippen LogP contribution in [0, 0.1) is 13.8 Å². The van der Waals surface area contributed by atoms with Crippen molar-refractivity contribution in [2.75, 3.05) is 7.11 Å². The Morgan fingerprint density at radius 1 is 1.30 bits per heavy atom. The Morgan fingerprint density at radius 2 is 2.05 bits per heavy atom. The molecule has 0 amide bonds. The highest BCUT2D eigenvalue weighted by molar-refractivity contribution is 7.91. The van der Waals surface area contributed by atoms with Gasteiger partial charge in [-0.3, -0.25) is 0 Å². The summed E-state index contributed by atoms with van der Waals surface area (Å²) >= 11 is 1.20. The number of rotatable bonds is 5. The van der Waals surface area contributed by atoms with E-state index in [0.717, 1.165) is 16.7 Å². The highest BCUT2D eigenvalue weighted by Crippen LogP contribution is 2.25. The van der Waals surface area contributed by atoms with Gasteiger partial charge in [-0.15, -0.1) is 11.3 Å². The summed E-state index contributed by atoms with van der Waals surface area (Å²) in [6.07, 6.45) is 0. The van der Waals surface area contributed by atoms with E-state index in [-0.39, 0.29) is 6.54 Å². The summed E-state index contributed by atoms with van der Waals surface area (Å²) in [7, 11) is -1.87. The van der Waals surface area contributed by atoms with E-state index in [1.54, 1.807) is 24.6 Å². The quantitative estimate of drug-likeness (QED) is 0.924. The molecule has 1 aromatic carbocycles. The van der Waals surface area contributed by atoms with Gasteiger partial charge in [-0.2, -0.15) is 0 Å². The minimum atomic E-state index is -3.45. The molecule has 0 spiro atoms. The number of hydrogen-bond donors (Lipinski definition) is 1. The van der Waals surface area contributed by atoms with Crippen molar-refractivity contribution in [3.05, 3.63) is 46.3 Å². The summed E-state index contributed by atoms with van der Waals surface area (Å²) < 4.78 is 32.5. The molecule has 0 aliphatic heterocycles. The molecule has 20 heavy (non-hydrogen) atoms. The molecule has 0 unspecified atom stereocenters. The Balaban J connectivity index is 2.24. The zero-order valence-electron chi connectivity index (χ0n) is 11.6. The second-order valence-corrected chi connectivity index (χ2v) is 7.46. The van der Waals surface area contributed by atoms with Crippen molar-refractivity contribution in [1.82, 2.24) is 4.72 Å². The monoisotopic (exact) mass is 311 g/mol. The molecule has 2 aromatic rings. The largest absolute Gasteiger partial charge is 0.496 e. The molecule has 0 fully saturated rings. The lowest BCUT2D eigenvalue weighted by Gasteiger charge is -2.13. The molecule has 0 saturated carbocycles. The van der Waals surface area contributed by atoms with Crippen molar-refractivity contribution in [3.63, 3.8) is 0 Å². The molecule has 0 atom stereocenters. The molecule has 1 N–H and O–H groups in total. The Morgan fingerprint density at radius 3 is 2.65 bits per heavy atom. The molecule has 1 aromatic heterocycles. The van der Waals surface area contributed by atoms with Gasteiger partial charge >= 0.3 is 0 Å². The van der Waals surface area contributed by atoms with Crippen LogP contribution in [0.5, 0.6) is 5.75 Å². The minimum absolute atomic E-state index is 0.218. The zero-order chi connectivity index (χ0) is 14.8. The molecule has 0 bridgehead atoms. The fourth-order valence-electron chi connectivity index (χ4n) is 2.02. The summed E-state index contributed by atoms with van der Waals surface area (Å²) in [4.78, 5) is 0. The molecular formula is C14H17NO3S2. The molecule has 0 saturated heterocycles. The van der Waals surface area contributed by atoms with Gasteiger partial charge in [0.1, 0.15) is 9.96 Å². The number of ether oxygens (including phenoxy) is 1. The number of methoxy groups -OCH3 is 1. The molecule has 6 heteroatoms. The summed E-state index contributed by atoms with van der Waals surface area (Å²) in [6.45, 7) is 4.15. The minimum Gasteiger partial charge on any atom is -0.496 e. The number of hydrogen-bond acceptors (Lipinski definition) is 4. The predicted molar refractivity (Wildman–Crippen MR) is 80.8 cm³/mol. The first-order chi connectivity index (χ1) is 9.44. The third-order valence-electron chi connectivity index (χ3n) is 3.00. The molecule has 108 valence electrons. The SMILES string of the molecule is COc1cc(C)cc(C)c1CNS(=O)(=O)c1cccs1. The fourth-order valence-corrected chi connectivity index (χ4v) is 4.05. The van der Waals surface area contributed by atoms with Crippen LogP contribution in [0.2, 0.25) is 0 Å². The van der Waals surface area contributed by atoms with Gasteiger partial charge in [0.05, 0.1) is 7.11 Å². The third kappa shape index (κ3) is 3.20. The van der Waals surface area contributed by atoms with Gasteiger partial charge in [0.15, 0.2) is 0 Å². The first-order valence-corrected chi connectivity index (χ1v) is 8.47. The van der Waals surface area contributed by atoms with Crippen LogP contribution in [0.25, 0.3) is 0 Å². The van der Waals surface area contributed by atoms with Crippen molar-refractivity contribution in [2.24, 2.45) is 0 Å². The van der Waals surface area contributed by atoms with Crippen LogP contribution in [0.1, 0.15) is 16.7 Å².